The molecule has 0 heterocycles. The van der Waals surface area contributed by atoms with E-state index < -0.39 is 0 Å². The first-order valence-electron chi connectivity index (χ1n) is 4.81. The van der Waals surface area contributed by atoms with Crippen LogP contribution in [0.15, 0.2) is 0 Å². The van der Waals surface area contributed by atoms with Gasteiger partial charge in [-0.15, -0.1) is 0 Å². The molecule has 80 valence electrons. The average molecular weight is 190 g/mol. The highest BCUT2D eigenvalue weighted by atomic mass is 16.7. The summed E-state index contributed by atoms with van der Waals surface area (Å²) in [5.41, 5.74) is 2.71. The van der Waals surface area contributed by atoms with Crippen molar-refractivity contribution in [2.45, 2.75) is 44.9 Å². The SMILES string of the molecule is CCCCCC(NN)C(OC)OC. The minimum atomic E-state index is -0.248. The van der Waals surface area contributed by atoms with E-state index in [2.05, 4.69) is 12.3 Å². The summed E-state index contributed by atoms with van der Waals surface area (Å²) < 4.78 is 10.2. The Morgan fingerprint density at radius 1 is 1.23 bits per heavy atom. The fourth-order valence-corrected chi connectivity index (χ4v) is 1.34. The zero-order chi connectivity index (χ0) is 10.1. The van der Waals surface area contributed by atoms with Crippen molar-refractivity contribution in [1.29, 1.82) is 0 Å². The minimum Gasteiger partial charge on any atom is -0.354 e. The molecule has 0 rings (SSSR count). The lowest BCUT2D eigenvalue weighted by molar-refractivity contribution is -0.124. The van der Waals surface area contributed by atoms with Gasteiger partial charge in [-0.05, 0) is 6.42 Å². The standard InChI is InChI=1S/C9H22N2O2/c1-4-5-6-7-8(11-10)9(12-2)13-3/h8-9,11H,4-7,10H2,1-3H3. The normalized spacial score (nSPS) is 13.6. The first-order valence-corrected chi connectivity index (χ1v) is 4.81. The first kappa shape index (κ1) is 12.8. The topological polar surface area (TPSA) is 56.5 Å². The van der Waals surface area contributed by atoms with Crippen LogP contribution >= 0.6 is 0 Å². The number of unbranched alkanes of at least 4 members (excludes halogenated alkanes) is 2. The maximum atomic E-state index is 5.40. The molecule has 0 aliphatic heterocycles. The molecule has 13 heavy (non-hydrogen) atoms. The Hall–Kier alpha value is -0.160. The second-order valence-corrected chi connectivity index (χ2v) is 3.11. The molecular formula is C9H22N2O2. The van der Waals surface area contributed by atoms with Crippen LogP contribution in [-0.4, -0.2) is 26.6 Å². The van der Waals surface area contributed by atoms with Crippen molar-refractivity contribution in [3.63, 3.8) is 0 Å². The Morgan fingerprint density at radius 2 is 1.85 bits per heavy atom. The molecule has 1 atom stereocenters. The van der Waals surface area contributed by atoms with E-state index in [1.807, 2.05) is 0 Å². The van der Waals surface area contributed by atoms with Crippen LogP contribution in [-0.2, 0) is 9.47 Å². The van der Waals surface area contributed by atoms with E-state index in [1.54, 1.807) is 14.2 Å². The third-order valence-corrected chi connectivity index (χ3v) is 2.13. The average Bonchev–Trinajstić information content (AvgIpc) is 2.17. The Balaban J connectivity index is 3.71. The zero-order valence-electron chi connectivity index (χ0n) is 8.88. The molecule has 0 aromatic rings. The van der Waals surface area contributed by atoms with Crippen LogP contribution in [0.1, 0.15) is 32.6 Å². The Kier molecular flexibility index (Phi) is 8.33. The van der Waals surface area contributed by atoms with E-state index in [0.29, 0.717) is 0 Å². The number of nitrogens with two attached hydrogens (primary N) is 1. The lowest BCUT2D eigenvalue weighted by Crippen LogP contribution is -2.45. The van der Waals surface area contributed by atoms with Gasteiger partial charge in [0.15, 0.2) is 6.29 Å². The predicted octanol–water partition coefficient (Wildman–Crippen LogP) is 1.02. The molecule has 1 unspecified atom stereocenters. The van der Waals surface area contributed by atoms with E-state index in [-0.39, 0.29) is 12.3 Å². The van der Waals surface area contributed by atoms with Crippen LogP contribution in [0, 0.1) is 0 Å². The fourth-order valence-electron chi connectivity index (χ4n) is 1.34. The van der Waals surface area contributed by atoms with Crippen molar-refractivity contribution in [1.82, 2.24) is 5.43 Å². The summed E-state index contributed by atoms with van der Waals surface area (Å²) in [6.45, 7) is 2.18. The van der Waals surface area contributed by atoms with Crippen molar-refractivity contribution in [2.75, 3.05) is 14.2 Å². The van der Waals surface area contributed by atoms with Gasteiger partial charge in [0, 0.05) is 14.2 Å². The van der Waals surface area contributed by atoms with Gasteiger partial charge in [0.2, 0.25) is 0 Å². The van der Waals surface area contributed by atoms with Gasteiger partial charge in [-0.2, -0.15) is 0 Å². The summed E-state index contributed by atoms with van der Waals surface area (Å²) in [5, 5.41) is 0. The van der Waals surface area contributed by atoms with Gasteiger partial charge in [-0.3, -0.25) is 11.3 Å². The number of hydrazine groups is 1. The smallest absolute Gasteiger partial charge is 0.173 e. The molecule has 0 aromatic heterocycles. The summed E-state index contributed by atoms with van der Waals surface area (Å²) in [5.74, 6) is 5.40. The van der Waals surface area contributed by atoms with Gasteiger partial charge in [0.25, 0.3) is 0 Å². The predicted molar refractivity (Wildman–Crippen MR) is 53.1 cm³/mol. The van der Waals surface area contributed by atoms with E-state index in [4.69, 9.17) is 15.3 Å². The molecule has 0 aliphatic carbocycles. The van der Waals surface area contributed by atoms with Crippen molar-refractivity contribution in [3.05, 3.63) is 0 Å². The van der Waals surface area contributed by atoms with Crippen LogP contribution < -0.4 is 11.3 Å². The second kappa shape index (κ2) is 8.44. The number of nitrogens with one attached hydrogen (secondary N) is 1. The highest BCUT2D eigenvalue weighted by molar-refractivity contribution is 4.67. The molecule has 4 nitrogen and oxygen atoms in total. The number of methoxy groups -OCH3 is 2. The third kappa shape index (κ3) is 5.21. The first-order chi connectivity index (χ1) is 6.29. The highest BCUT2D eigenvalue weighted by Crippen LogP contribution is 2.08. The summed E-state index contributed by atoms with van der Waals surface area (Å²) in [6.07, 6.45) is 4.31. The molecule has 0 aliphatic rings. The van der Waals surface area contributed by atoms with Crippen LogP contribution in [0.2, 0.25) is 0 Å². The maximum Gasteiger partial charge on any atom is 0.173 e. The maximum absolute atomic E-state index is 5.40. The van der Waals surface area contributed by atoms with Gasteiger partial charge in [-0.25, -0.2) is 0 Å². The largest absolute Gasteiger partial charge is 0.354 e. The Morgan fingerprint density at radius 3 is 2.23 bits per heavy atom. The van der Waals surface area contributed by atoms with E-state index in [1.165, 1.54) is 12.8 Å². The summed E-state index contributed by atoms with van der Waals surface area (Å²) in [4.78, 5) is 0. The van der Waals surface area contributed by atoms with E-state index in [9.17, 15) is 0 Å². The van der Waals surface area contributed by atoms with Gasteiger partial charge in [0.1, 0.15) is 0 Å². The molecule has 0 saturated heterocycles. The second-order valence-electron chi connectivity index (χ2n) is 3.11. The number of hydrogen-bond donors (Lipinski definition) is 2. The minimum absolute atomic E-state index is 0.0848. The van der Waals surface area contributed by atoms with E-state index >= 15 is 0 Å². The zero-order valence-corrected chi connectivity index (χ0v) is 8.88. The van der Waals surface area contributed by atoms with Gasteiger partial charge in [0.05, 0.1) is 6.04 Å². The summed E-state index contributed by atoms with van der Waals surface area (Å²) >= 11 is 0. The number of hydrogen-bond acceptors (Lipinski definition) is 4. The van der Waals surface area contributed by atoms with Crippen molar-refractivity contribution >= 4 is 0 Å². The third-order valence-electron chi connectivity index (χ3n) is 2.13. The molecule has 0 bridgehead atoms. The molecule has 0 spiro atoms. The number of ether oxygens (including phenoxy) is 2. The van der Waals surface area contributed by atoms with Crippen LogP contribution in [0.5, 0.6) is 0 Å². The highest BCUT2D eigenvalue weighted by Gasteiger charge is 2.18. The van der Waals surface area contributed by atoms with Crippen molar-refractivity contribution < 1.29 is 9.47 Å². The Bertz CT molecular complexity index is 108. The molecule has 3 N–H and O–H groups in total. The van der Waals surface area contributed by atoms with E-state index in [0.717, 1.165) is 12.8 Å². The van der Waals surface area contributed by atoms with Crippen LogP contribution in [0.25, 0.3) is 0 Å². The lowest BCUT2D eigenvalue weighted by Gasteiger charge is -2.23. The molecule has 0 aromatic carbocycles. The molecular weight excluding hydrogens is 168 g/mol. The van der Waals surface area contributed by atoms with Gasteiger partial charge >= 0.3 is 0 Å². The van der Waals surface area contributed by atoms with Crippen molar-refractivity contribution in [3.8, 4) is 0 Å². The molecule has 0 saturated carbocycles. The lowest BCUT2D eigenvalue weighted by atomic mass is 10.1. The Labute approximate surface area is 80.7 Å². The molecule has 0 amide bonds. The summed E-state index contributed by atoms with van der Waals surface area (Å²) in [6, 6.07) is 0.0848. The van der Waals surface area contributed by atoms with Crippen molar-refractivity contribution in [2.24, 2.45) is 5.84 Å². The van der Waals surface area contributed by atoms with Crippen LogP contribution in [0.3, 0.4) is 0 Å². The van der Waals surface area contributed by atoms with Gasteiger partial charge < -0.3 is 9.47 Å². The monoisotopic (exact) mass is 190 g/mol. The molecule has 4 heteroatoms. The molecule has 0 fully saturated rings. The number of rotatable bonds is 8. The van der Waals surface area contributed by atoms with Gasteiger partial charge in [-0.1, -0.05) is 26.2 Å². The summed E-state index contributed by atoms with van der Waals surface area (Å²) in [7, 11) is 3.25. The molecule has 0 radical (unpaired) electrons. The van der Waals surface area contributed by atoms with Crippen LogP contribution in [0.4, 0.5) is 0 Å². The quantitative estimate of drug-likeness (QED) is 0.260. The fraction of sp³-hybridized carbons (Fsp3) is 1.00.